The lowest BCUT2D eigenvalue weighted by Crippen LogP contribution is -2.60. The molecule has 0 spiro atoms. The fourth-order valence-electron chi connectivity index (χ4n) is 5.90. The summed E-state index contributed by atoms with van der Waals surface area (Å²) in [5, 5.41) is 11.5. The third-order valence-corrected chi connectivity index (χ3v) is 7.53. The van der Waals surface area contributed by atoms with Gasteiger partial charge >= 0.3 is 0 Å². The number of aliphatic hydroxyl groups excluding tert-OH is 1. The molecule has 0 aliphatic carbocycles. The molecule has 2 amide bonds. The Bertz CT molecular complexity index is 1290. The molecule has 35 heavy (non-hydrogen) atoms. The minimum absolute atomic E-state index is 0.0866. The Labute approximate surface area is 203 Å². The highest BCUT2D eigenvalue weighted by molar-refractivity contribution is 5.99. The minimum Gasteiger partial charge on any atom is -0.393 e. The number of aromatic nitrogens is 1. The number of halogens is 1. The summed E-state index contributed by atoms with van der Waals surface area (Å²) in [6, 6.07) is 11.8. The van der Waals surface area contributed by atoms with Crippen molar-refractivity contribution in [1.29, 1.82) is 0 Å². The first kappa shape index (κ1) is 23.5. The summed E-state index contributed by atoms with van der Waals surface area (Å²) in [6.07, 6.45) is 0.261. The molecule has 1 fully saturated rings. The molecule has 0 unspecified atom stereocenters. The lowest BCUT2D eigenvalue weighted by Gasteiger charge is -2.48. The van der Waals surface area contributed by atoms with E-state index < -0.39 is 18.1 Å². The van der Waals surface area contributed by atoms with Crippen molar-refractivity contribution in [2.75, 3.05) is 27.3 Å². The summed E-state index contributed by atoms with van der Waals surface area (Å²) in [5.74, 6) is -1.37. The highest BCUT2D eigenvalue weighted by Gasteiger charge is 2.49. The number of ether oxygens (including phenoxy) is 1. The normalized spacial score (nSPS) is 22.6. The van der Waals surface area contributed by atoms with Gasteiger partial charge in [0, 0.05) is 43.3 Å². The maximum absolute atomic E-state index is 14.0. The largest absolute Gasteiger partial charge is 0.393 e. The van der Waals surface area contributed by atoms with Crippen molar-refractivity contribution in [3.8, 4) is 11.1 Å². The Morgan fingerprint density at radius 2 is 2.09 bits per heavy atom. The van der Waals surface area contributed by atoms with Crippen molar-refractivity contribution in [2.45, 2.75) is 38.0 Å². The monoisotopic (exact) mass is 479 g/mol. The molecule has 8 heteroatoms. The average Bonchev–Trinajstić information content (AvgIpc) is 3.22. The molecule has 5 rings (SSSR count). The van der Waals surface area contributed by atoms with Gasteiger partial charge in [-0.3, -0.25) is 9.59 Å². The lowest BCUT2D eigenvalue weighted by atomic mass is 9.79. The molecule has 2 aromatic carbocycles. The summed E-state index contributed by atoms with van der Waals surface area (Å²) < 4.78 is 19.0. The SMILES string of the molecule is COCC(=O)N(C)[C@H]1C[C@H]2c3[nH]c4cccc(-c5cccc(F)c5)c4c3CCN2C(=O)[C@H]1[C@H](C)O. The van der Waals surface area contributed by atoms with Gasteiger partial charge in [0.25, 0.3) is 0 Å². The van der Waals surface area contributed by atoms with Crippen LogP contribution in [0.15, 0.2) is 42.5 Å². The Hall–Kier alpha value is -3.23. The molecule has 0 radical (unpaired) electrons. The fourth-order valence-corrected chi connectivity index (χ4v) is 5.90. The standard InChI is InChI=1S/C27H30FN3O4/c1-15(32)24-21(30(2)23(33)14-35-3)13-22-26-19(10-11-31(22)27(24)34)25-18(8-5-9-20(25)29-26)16-6-4-7-17(28)12-16/h4-9,12,15,21-22,24,29,32H,10-11,13-14H2,1-3H3/t15-,21-,22-,24-/m0/s1. The van der Waals surface area contributed by atoms with Crippen molar-refractivity contribution >= 4 is 22.7 Å². The second kappa shape index (κ2) is 9.09. The van der Waals surface area contributed by atoms with Gasteiger partial charge < -0.3 is 24.6 Å². The number of nitrogens with one attached hydrogen (secondary N) is 1. The van der Waals surface area contributed by atoms with Crippen LogP contribution in [0, 0.1) is 11.7 Å². The third-order valence-electron chi connectivity index (χ3n) is 7.53. The average molecular weight is 480 g/mol. The molecule has 1 aromatic heterocycles. The smallest absolute Gasteiger partial charge is 0.248 e. The van der Waals surface area contributed by atoms with Crippen LogP contribution in [0.5, 0.6) is 0 Å². The second-order valence-corrected chi connectivity index (χ2v) is 9.56. The van der Waals surface area contributed by atoms with E-state index in [0.29, 0.717) is 19.4 Å². The van der Waals surface area contributed by atoms with E-state index in [9.17, 15) is 19.1 Å². The number of piperidine rings is 1. The van der Waals surface area contributed by atoms with E-state index in [2.05, 4.69) is 4.98 Å². The number of aliphatic hydroxyl groups is 1. The number of hydrogen-bond donors (Lipinski definition) is 2. The van der Waals surface area contributed by atoms with Gasteiger partial charge in [0.15, 0.2) is 0 Å². The molecular weight excluding hydrogens is 449 g/mol. The first-order valence-electron chi connectivity index (χ1n) is 11.9. The number of amides is 2. The van der Waals surface area contributed by atoms with E-state index in [-0.39, 0.29) is 30.3 Å². The molecule has 4 atom stereocenters. The number of methoxy groups -OCH3 is 1. The lowest BCUT2D eigenvalue weighted by molar-refractivity contribution is -0.156. The number of benzene rings is 2. The number of hydrogen-bond acceptors (Lipinski definition) is 4. The van der Waals surface area contributed by atoms with Crippen LogP contribution in [-0.2, 0) is 20.7 Å². The van der Waals surface area contributed by atoms with Gasteiger partial charge in [-0.15, -0.1) is 0 Å². The van der Waals surface area contributed by atoms with E-state index >= 15 is 0 Å². The van der Waals surface area contributed by atoms with Gasteiger partial charge in [0.1, 0.15) is 12.4 Å². The molecule has 2 aliphatic heterocycles. The van der Waals surface area contributed by atoms with Crippen LogP contribution in [-0.4, -0.2) is 71.2 Å². The summed E-state index contributed by atoms with van der Waals surface area (Å²) in [5.41, 5.74) is 4.75. The number of nitrogens with zero attached hydrogens (tertiary/aromatic N) is 2. The van der Waals surface area contributed by atoms with E-state index in [1.807, 2.05) is 29.2 Å². The van der Waals surface area contributed by atoms with Crippen LogP contribution >= 0.6 is 0 Å². The van der Waals surface area contributed by atoms with E-state index in [0.717, 1.165) is 33.3 Å². The van der Waals surface area contributed by atoms with Crippen molar-refractivity contribution in [3.63, 3.8) is 0 Å². The summed E-state index contributed by atoms with van der Waals surface area (Å²) in [7, 11) is 3.13. The van der Waals surface area contributed by atoms with Crippen molar-refractivity contribution < 1.29 is 23.8 Å². The highest BCUT2D eigenvalue weighted by Crippen LogP contribution is 2.45. The van der Waals surface area contributed by atoms with Gasteiger partial charge in [0.05, 0.1) is 18.1 Å². The Balaban J connectivity index is 1.60. The molecule has 7 nitrogen and oxygen atoms in total. The predicted molar refractivity (Wildman–Crippen MR) is 130 cm³/mol. The summed E-state index contributed by atoms with van der Waals surface area (Å²) in [4.78, 5) is 33.2. The third kappa shape index (κ3) is 3.90. The molecule has 3 aromatic rings. The van der Waals surface area contributed by atoms with Crippen LogP contribution in [0.4, 0.5) is 4.39 Å². The van der Waals surface area contributed by atoms with E-state index in [4.69, 9.17) is 4.74 Å². The Morgan fingerprint density at radius 3 is 2.80 bits per heavy atom. The number of rotatable bonds is 5. The molecule has 1 saturated heterocycles. The van der Waals surface area contributed by atoms with Gasteiger partial charge in [-0.25, -0.2) is 4.39 Å². The van der Waals surface area contributed by atoms with Crippen LogP contribution in [0.2, 0.25) is 0 Å². The van der Waals surface area contributed by atoms with Crippen LogP contribution in [0.1, 0.15) is 30.6 Å². The van der Waals surface area contributed by atoms with E-state index in [1.54, 1.807) is 24.9 Å². The number of carbonyl (C=O) groups excluding carboxylic acids is 2. The zero-order valence-corrected chi connectivity index (χ0v) is 20.1. The van der Waals surface area contributed by atoms with E-state index in [1.165, 1.54) is 19.2 Å². The maximum Gasteiger partial charge on any atom is 0.248 e. The summed E-state index contributed by atoms with van der Waals surface area (Å²) in [6.45, 7) is 2.04. The maximum atomic E-state index is 14.0. The number of likely N-dealkylation sites (N-methyl/N-ethyl adjacent to an activating group) is 1. The van der Waals surface area contributed by atoms with Crippen molar-refractivity contribution in [3.05, 3.63) is 59.5 Å². The van der Waals surface area contributed by atoms with Crippen molar-refractivity contribution in [2.24, 2.45) is 5.92 Å². The Kier molecular flexibility index (Phi) is 6.11. The van der Waals surface area contributed by atoms with Crippen LogP contribution in [0.25, 0.3) is 22.0 Å². The molecule has 2 aliphatic rings. The first-order valence-corrected chi connectivity index (χ1v) is 11.9. The number of aromatic amines is 1. The van der Waals surface area contributed by atoms with Gasteiger partial charge in [-0.05, 0) is 54.7 Å². The Morgan fingerprint density at radius 1 is 1.31 bits per heavy atom. The zero-order valence-electron chi connectivity index (χ0n) is 20.1. The van der Waals surface area contributed by atoms with Gasteiger partial charge in [-0.2, -0.15) is 0 Å². The number of carbonyl (C=O) groups is 2. The fraction of sp³-hybridized carbons (Fsp3) is 0.407. The quantitative estimate of drug-likeness (QED) is 0.588. The molecular formula is C27H30FN3O4. The summed E-state index contributed by atoms with van der Waals surface area (Å²) >= 11 is 0. The zero-order chi connectivity index (χ0) is 24.9. The van der Waals surface area contributed by atoms with Gasteiger partial charge in [-0.1, -0.05) is 24.3 Å². The topological polar surface area (TPSA) is 85.9 Å². The molecule has 2 N–H and O–H groups in total. The van der Waals surface area contributed by atoms with Crippen LogP contribution < -0.4 is 0 Å². The molecule has 0 saturated carbocycles. The predicted octanol–water partition coefficient (Wildman–Crippen LogP) is 3.27. The molecule has 3 heterocycles. The first-order chi connectivity index (χ1) is 16.8. The molecule has 184 valence electrons. The van der Waals surface area contributed by atoms with Gasteiger partial charge in [0.2, 0.25) is 11.8 Å². The number of fused-ring (bicyclic) bond motifs is 5. The second-order valence-electron chi connectivity index (χ2n) is 9.56. The number of H-pyrrole nitrogens is 1. The van der Waals surface area contributed by atoms with Crippen molar-refractivity contribution in [1.82, 2.24) is 14.8 Å². The highest BCUT2D eigenvalue weighted by atomic mass is 19.1. The molecule has 0 bridgehead atoms. The van der Waals surface area contributed by atoms with Crippen LogP contribution in [0.3, 0.4) is 0 Å². The minimum atomic E-state index is -0.894.